The van der Waals surface area contributed by atoms with Crippen LogP contribution in [-0.2, 0) is 9.53 Å². The molecule has 0 heterocycles. The van der Waals surface area contributed by atoms with Gasteiger partial charge in [0.05, 0.1) is 12.1 Å². The molecule has 1 aromatic carbocycles. The van der Waals surface area contributed by atoms with Gasteiger partial charge in [-0.3, -0.25) is 4.79 Å². The molecule has 3 unspecified atom stereocenters. The summed E-state index contributed by atoms with van der Waals surface area (Å²) in [5.74, 6) is -2.37. The lowest BCUT2D eigenvalue weighted by atomic mass is 9.98. The smallest absolute Gasteiger partial charge is 0.224 e. The van der Waals surface area contributed by atoms with E-state index in [1.54, 1.807) is 6.92 Å². The van der Waals surface area contributed by atoms with Crippen LogP contribution in [-0.4, -0.2) is 36.9 Å². The van der Waals surface area contributed by atoms with Gasteiger partial charge in [0.15, 0.2) is 0 Å². The van der Waals surface area contributed by atoms with Gasteiger partial charge in [-0.2, -0.15) is 0 Å². The number of halogens is 2. The molecule has 0 aliphatic heterocycles. The Morgan fingerprint density at radius 1 is 1.45 bits per heavy atom. The summed E-state index contributed by atoms with van der Waals surface area (Å²) in [4.78, 5) is 12.3. The summed E-state index contributed by atoms with van der Waals surface area (Å²) >= 11 is 0. The average Bonchev–Trinajstić information content (AvgIpc) is 3.19. The van der Waals surface area contributed by atoms with Crippen LogP contribution in [0.3, 0.4) is 0 Å². The first kappa shape index (κ1) is 16.8. The van der Waals surface area contributed by atoms with Crippen LogP contribution >= 0.6 is 0 Å². The molecule has 2 N–H and O–H groups in total. The number of hydrogen-bond acceptors (Lipinski definition) is 3. The lowest BCUT2D eigenvalue weighted by Crippen LogP contribution is -2.50. The number of aliphatic hydroxyl groups is 1. The second-order valence-corrected chi connectivity index (χ2v) is 6.04. The quantitative estimate of drug-likeness (QED) is 0.809. The Labute approximate surface area is 128 Å². The highest BCUT2D eigenvalue weighted by Crippen LogP contribution is 2.49. The Balaban J connectivity index is 2.04. The molecule has 22 heavy (non-hydrogen) atoms. The fourth-order valence-corrected chi connectivity index (χ4v) is 2.79. The van der Waals surface area contributed by atoms with E-state index in [1.807, 2.05) is 0 Å². The molecule has 1 amide bonds. The van der Waals surface area contributed by atoms with Gasteiger partial charge in [-0.25, -0.2) is 8.78 Å². The third-order valence-corrected chi connectivity index (χ3v) is 4.05. The Hall–Kier alpha value is -1.53. The molecule has 1 saturated carbocycles. The maximum atomic E-state index is 13.7. The van der Waals surface area contributed by atoms with E-state index in [2.05, 4.69) is 5.32 Å². The third kappa shape index (κ3) is 3.62. The summed E-state index contributed by atoms with van der Waals surface area (Å²) in [6.45, 7) is 1.94. The van der Waals surface area contributed by atoms with Crippen LogP contribution in [0.1, 0.15) is 31.2 Å². The molecular formula is C16H21F2NO3. The molecule has 1 aromatic rings. The molecule has 0 radical (unpaired) electrons. The van der Waals surface area contributed by atoms with Gasteiger partial charge in [0.2, 0.25) is 5.91 Å². The summed E-state index contributed by atoms with van der Waals surface area (Å²) in [5, 5.41) is 11.9. The van der Waals surface area contributed by atoms with Crippen LogP contribution in [0.15, 0.2) is 18.2 Å². The van der Waals surface area contributed by atoms with E-state index in [-0.39, 0.29) is 24.7 Å². The summed E-state index contributed by atoms with van der Waals surface area (Å²) < 4.78 is 32.5. The number of carbonyl (C=O) groups excluding carboxylic acids is 1. The highest BCUT2D eigenvalue weighted by atomic mass is 19.1. The molecule has 0 saturated heterocycles. The Bertz CT molecular complexity index is 524. The number of methoxy groups -OCH3 is 1. The highest BCUT2D eigenvalue weighted by molar-refractivity contribution is 5.83. The minimum absolute atomic E-state index is 0.0155. The molecule has 6 heteroatoms. The van der Waals surface area contributed by atoms with Crippen LogP contribution in [0.5, 0.6) is 0 Å². The van der Waals surface area contributed by atoms with Crippen molar-refractivity contribution in [1.29, 1.82) is 0 Å². The van der Waals surface area contributed by atoms with Crippen molar-refractivity contribution in [2.45, 2.75) is 31.2 Å². The van der Waals surface area contributed by atoms with Gasteiger partial charge in [-0.15, -0.1) is 0 Å². The van der Waals surface area contributed by atoms with Gasteiger partial charge in [0.25, 0.3) is 0 Å². The van der Waals surface area contributed by atoms with Crippen molar-refractivity contribution in [2.75, 3.05) is 20.3 Å². The average molecular weight is 313 g/mol. The Kier molecular flexibility index (Phi) is 5.13. The largest absolute Gasteiger partial charge is 0.396 e. The summed E-state index contributed by atoms with van der Waals surface area (Å²) in [6, 6.07) is 3.71. The Morgan fingerprint density at radius 3 is 2.64 bits per heavy atom. The number of amides is 1. The summed E-state index contributed by atoms with van der Waals surface area (Å²) in [5.41, 5.74) is -0.708. The molecular weight excluding hydrogens is 292 g/mol. The first-order chi connectivity index (χ1) is 10.4. The molecule has 0 aromatic heterocycles. The van der Waals surface area contributed by atoms with Gasteiger partial charge in [0.1, 0.15) is 11.6 Å². The van der Waals surface area contributed by atoms with E-state index in [1.165, 1.54) is 25.3 Å². The number of rotatable bonds is 7. The number of benzene rings is 1. The highest BCUT2D eigenvalue weighted by Gasteiger charge is 2.47. The predicted molar refractivity (Wildman–Crippen MR) is 77.3 cm³/mol. The van der Waals surface area contributed by atoms with Crippen molar-refractivity contribution in [3.63, 3.8) is 0 Å². The standard InChI is InChI=1S/C16H21F2NO3/c1-16(6-7-20,9-22-2)19-15(21)11-8-10(11)14-12(17)4-3-5-13(14)18/h3-5,10-11,20H,6-9H2,1-2H3,(H,19,21). The van der Waals surface area contributed by atoms with Crippen LogP contribution in [0, 0.1) is 17.6 Å². The zero-order valence-electron chi connectivity index (χ0n) is 12.7. The summed E-state index contributed by atoms with van der Waals surface area (Å²) in [7, 11) is 1.51. The topological polar surface area (TPSA) is 58.6 Å². The number of aliphatic hydroxyl groups excluding tert-OH is 1. The number of nitrogens with one attached hydrogen (secondary N) is 1. The number of carbonyl (C=O) groups is 1. The van der Waals surface area contributed by atoms with Crippen molar-refractivity contribution < 1.29 is 23.4 Å². The fourth-order valence-electron chi connectivity index (χ4n) is 2.79. The van der Waals surface area contributed by atoms with E-state index in [0.717, 1.165) is 0 Å². The number of ether oxygens (including phenoxy) is 1. The second-order valence-electron chi connectivity index (χ2n) is 6.04. The van der Waals surface area contributed by atoms with E-state index in [9.17, 15) is 13.6 Å². The lowest BCUT2D eigenvalue weighted by molar-refractivity contribution is -0.125. The SMILES string of the molecule is COCC(C)(CCO)NC(=O)C1CC1c1c(F)cccc1F. The molecule has 1 aliphatic rings. The van der Waals surface area contributed by atoms with Crippen molar-refractivity contribution >= 4 is 5.91 Å². The Morgan fingerprint density at radius 2 is 2.09 bits per heavy atom. The summed E-state index contributed by atoms with van der Waals surface area (Å²) in [6.07, 6.45) is 0.768. The zero-order valence-corrected chi connectivity index (χ0v) is 12.7. The van der Waals surface area contributed by atoms with Gasteiger partial charge in [-0.05, 0) is 31.9 Å². The molecule has 0 bridgehead atoms. The third-order valence-electron chi connectivity index (χ3n) is 4.05. The minimum Gasteiger partial charge on any atom is -0.396 e. The van der Waals surface area contributed by atoms with Crippen molar-refractivity contribution in [2.24, 2.45) is 5.92 Å². The van der Waals surface area contributed by atoms with Crippen LogP contribution in [0.2, 0.25) is 0 Å². The predicted octanol–water partition coefficient (Wildman–Crippen LogP) is 1.97. The normalized spacial score (nSPS) is 23.0. The van der Waals surface area contributed by atoms with Crippen LogP contribution in [0.25, 0.3) is 0 Å². The fraction of sp³-hybridized carbons (Fsp3) is 0.562. The molecule has 0 spiro atoms. The molecule has 122 valence electrons. The first-order valence-corrected chi connectivity index (χ1v) is 7.27. The van der Waals surface area contributed by atoms with Gasteiger partial charge >= 0.3 is 0 Å². The lowest BCUT2D eigenvalue weighted by Gasteiger charge is -2.29. The first-order valence-electron chi connectivity index (χ1n) is 7.27. The molecule has 4 nitrogen and oxygen atoms in total. The molecule has 2 rings (SSSR count). The number of hydrogen-bond donors (Lipinski definition) is 2. The molecule has 1 aliphatic carbocycles. The van der Waals surface area contributed by atoms with Crippen molar-refractivity contribution in [3.05, 3.63) is 35.4 Å². The zero-order chi connectivity index (χ0) is 16.3. The van der Waals surface area contributed by atoms with E-state index in [0.29, 0.717) is 12.8 Å². The minimum atomic E-state index is -0.693. The maximum absolute atomic E-state index is 13.7. The molecule has 3 atom stereocenters. The van der Waals surface area contributed by atoms with Crippen molar-refractivity contribution in [1.82, 2.24) is 5.32 Å². The van der Waals surface area contributed by atoms with Crippen molar-refractivity contribution in [3.8, 4) is 0 Å². The van der Waals surface area contributed by atoms with E-state index < -0.39 is 29.0 Å². The van der Waals surface area contributed by atoms with Crippen LogP contribution < -0.4 is 5.32 Å². The van der Waals surface area contributed by atoms with Gasteiger partial charge < -0.3 is 15.2 Å². The van der Waals surface area contributed by atoms with Crippen LogP contribution in [0.4, 0.5) is 8.78 Å². The van der Waals surface area contributed by atoms with E-state index >= 15 is 0 Å². The van der Waals surface area contributed by atoms with Gasteiger partial charge in [0, 0.05) is 31.1 Å². The molecule has 1 fully saturated rings. The monoisotopic (exact) mass is 313 g/mol. The maximum Gasteiger partial charge on any atom is 0.224 e. The van der Waals surface area contributed by atoms with E-state index in [4.69, 9.17) is 9.84 Å². The second kappa shape index (κ2) is 6.71. The van der Waals surface area contributed by atoms with Gasteiger partial charge in [-0.1, -0.05) is 6.07 Å².